The Hall–Kier alpha value is -2.57. The third-order valence-electron chi connectivity index (χ3n) is 3.58. The number of benzene rings is 1. The Bertz CT molecular complexity index is 588. The first kappa shape index (κ1) is 16.8. The molecule has 7 heteroatoms. The molecule has 124 valence electrons. The zero-order valence-corrected chi connectivity index (χ0v) is 13.1. The molecule has 0 aliphatic carbocycles. The fourth-order valence-corrected chi connectivity index (χ4v) is 2.38. The predicted octanol–water partition coefficient (Wildman–Crippen LogP) is 1.89. The van der Waals surface area contributed by atoms with Crippen molar-refractivity contribution in [3.63, 3.8) is 0 Å². The summed E-state index contributed by atoms with van der Waals surface area (Å²) in [7, 11) is 1.37. The molecule has 23 heavy (non-hydrogen) atoms. The summed E-state index contributed by atoms with van der Waals surface area (Å²) in [5.74, 6) is -0.429. The lowest BCUT2D eigenvalue weighted by Crippen LogP contribution is -2.47. The Morgan fingerprint density at radius 1 is 1.26 bits per heavy atom. The van der Waals surface area contributed by atoms with Gasteiger partial charge in [0, 0.05) is 13.0 Å². The van der Waals surface area contributed by atoms with Crippen LogP contribution in [0.15, 0.2) is 24.3 Å². The van der Waals surface area contributed by atoms with Crippen LogP contribution in [0.1, 0.15) is 25.7 Å². The number of rotatable bonds is 6. The van der Waals surface area contributed by atoms with Crippen molar-refractivity contribution in [2.24, 2.45) is 0 Å². The number of nitrogens with one attached hydrogen (secondary N) is 2. The van der Waals surface area contributed by atoms with Crippen LogP contribution >= 0.6 is 0 Å². The van der Waals surface area contributed by atoms with Gasteiger partial charge < -0.3 is 15.4 Å². The normalized spacial score (nSPS) is 13.1. The van der Waals surface area contributed by atoms with Crippen molar-refractivity contribution in [2.45, 2.75) is 25.7 Å². The highest BCUT2D eigenvalue weighted by Gasteiger charge is 2.26. The molecule has 0 radical (unpaired) electrons. The first-order valence-corrected chi connectivity index (χ1v) is 7.63. The number of ether oxygens (including phenoxy) is 1. The lowest BCUT2D eigenvalue weighted by atomic mass is 10.2. The molecule has 0 spiro atoms. The van der Waals surface area contributed by atoms with Crippen LogP contribution in [0.4, 0.5) is 16.2 Å². The number of amides is 3. The molecule has 0 bridgehead atoms. The summed E-state index contributed by atoms with van der Waals surface area (Å²) in [6.07, 6.45) is 2.72. The number of urea groups is 1. The minimum atomic E-state index is -0.291. The van der Waals surface area contributed by atoms with Gasteiger partial charge in [-0.05, 0) is 25.0 Å². The summed E-state index contributed by atoms with van der Waals surface area (Å²) in [6, 6.07) is 6.90. The lowest BCUT2D eigenvalue weighted by Gasteiger charge is -2.29. The van der Waals surface area contributed by atoms with Gasteiger partial charge in [-0.3, -0.25) is 14.5 Å². The largest absolute Gasteiger partial charge is 0.469 e. The maximum atomic E-state index is 12.3. The molecular weight excluding hydrogens is 298 g/mol. The van der Waals surface area contributed by atoms with Crippen LogP contribution in [0.25, 0.3) is 0 Å². The Labute approximate surface area is 135 Å². The van der Waals surface area contributed by atoms with Crippen molar-refractivity contribution < 1.29 is 19.1 Å². The molecule has 1 aliphatic rings. The number of hydrogen-bond donors (Lipinski definition) is 2. The number of hydrogen-bond acceptors (Lipinski definition) is 4. The zero-order chi connectivity index (χ0) is 16.7. The van der Waals surface area contributed by atoms with Gasteiger partial charge in [-0.25, -0.2) is 4.79 Å². The fraction of sp³-hybridized carbons (Fsp3) is 0.438. The van der Waals surface area contributed by atoms with Crippen LogP contribution in [-0.2, 0) is 14.3 Å². The molecule has 0 fully saturated rings. The molecule has 1 aromatic carbocycles. The van der Waals surface area contributed by atoms with Crippen LogP contribution in [-0.4, -0.2) is 38.1 Å². The van der Waals surface area contributed by atoms with E-state index in [0.717, 1.165) is 19.3 Å². The first-order valence-electron chi connectivity index (χ1n) is 7.63. The van der Waals surface area contributed by atoms with Crippen molar-refractivity contribution in [1.82, 2.24) is 5.32 Å². The standard InChI is InChI=1S/C16H21N3O4/c1-23-15(21)9-3-2-6-10-17-16(22)19-11-14(20)18-12-7-4-5-8-13(12)19/h4-5,7-8H,2-3,6,9-11H2,1H3,(H,17,22)(H,18,20). The highest BCUT2D eigenvalue weighted by molar-refractivity contribution is 6.09. The second kappa shape index (κ2) is 8.17. The number of methoxy groups -OCH3 is 1. The van der Waals surface area contributed by atoms with Crippen LogP contribution in [0.2, 0.25) is 0 Å². The minimum Gasteiger partial charge on any atom is -0.469 e. The average Bonchev–Trinajstić information content (AvgIpc) is 2.56. The quantitative estimate of drug-likeness (QED) is 0.619. The highest BCUT2D eigenvalue weighted by Crippen LogP contribution is 2.28. The number of anilines is 2. The third kappa shape index (κ3) is 4.70. The summed E-state index contributed by atoms with van der Waals surface area (Å²) < 4.78 is 4.56. The van der Waals surface area contributed by atoms with Gasteiger partial charge in [0.05, 0.1) is 18.5 Å². The average molecular weight is 319 g/mol. The molecular formula is C16H21N3O4. The maximum Gasteiger partial charge on any atom is 0.322 e. The third-order valence-corrected chi connectivity index (χ3v) is 3.58. The van der Waals surface area contributed by atoms with Crippen molar-refractivity contribution >= 4 is 29.3 Å². The molecule has 1 aromatic rings. The molecule has 0 aromatic heterocycles. The second-order valence-electron chi connectivity index (χ2n) is 5.27. The van der Waals surface area contributed by atoms with Crippen molar-refractivity contribution in [1.29, 1.82) is 0 Å². The summed E-state index contributed by atoms with van der Waals surface area (Å²) in [4.78, 5) is 36.3. The number of para-hydroxylation sites is 2. The summed E-state index contributed by atoms with van der Waals surface area (Å²) in [6.45, 7) is 0.505. The number of unbranched alkanes of at least 4 members (excludes halogenated alkanes) is 2. The second-order valence-corrected chi connectivity index (χ2v) is 5.27. The number of carbonyl (C=O) groups excluding carboxylic acids is 3. The van der Waals surface area contributed by atoms with E-state index in [4.69, 9.17) is 0 Å². The number of carbonyl (C=O) groups is 3. The van der Waals surface area contributed by atoms with E-state index in [9.17, 15) is 14.4 Å². The SMILES string of the molecule is COC(=O)CCCCCNC(=O)N1CC(=O)Nc2ccccc21. The first-order chi connectivity index (χ1) is 11.1. The zero-order valence-electron chi connectivity index (χ0n) is 13.1. The van der Waals surface area contributed by atoms with Gasteiger partial charge in [0.1, 0.15) is 6.54 Å². The van der Waals surface area contributed by atoms with Gasteiger partial charge in [-0.1, -0.05) is 18.6 Å². The van der Waals surface area contributed by atoms with Crippen LogP contribution in [0.5, 0.6) is 0 Å². The molecule has 0 saturated carbocycles. The number of fused-ring (bicyclic) bond motifs is 1. The van der Waals surface area contributed by atoms with Gasteiger partial charge in [0.2, 0.25) is 5.91 Å². The fourth-order valence-electron chi connectivity index (χ4n) is 2.38. The van der Waals surface area contributed by atoms with Gasteiger partial charge in [-0.2, -0.15) is 0 Å². The maximum absolute atomic E-state index is 12.3. The predicted molar refractivity (Wildman–Crippen MR) is 86.3 cm³/mol. The van der Waals surface area contributed by atoms with Gasteiger partial charge in [0.15, 0.2) is 0 Å². The molecule has 2 N–H and O–H groups in total. The Kier molecular flexibility index (Phi) is 5.96. The molecule has 1 heterocycles. The van der Waals surface area contributed by atoms with E-state index in [2.05, 4.69) is 15.4 Å². The Balaban J connectivity index is 1.78. The van der Waals surface area contributed by atoms with Crippen molar-refractivity contribution in [3.05, 3.63) is 24.3 Å². The molecule has 0 unspecified atom stereocenters. The molecule has 0 atom stereocenters. The molecule has 0 saturated heterocycles. The summed E-state index contributed by atoms with van der Waals surface area (Å²) >= 11 is 0. The Morgan fingerprint density at radius 3 is 2.83 bits per heavy atom. The van der Waals surface area contributed by atoms with Crippen LogP contribution in [0.3, 0.4) is 0 Å². The van der Waals surface area contributed by atoms with Gasteiger partial charge in [0.25, 0.3) is 0 Å². The van der Waals surface area contributed by atoms with Gasteiger partial charge in [-0.15, -0.1) is 0 Å². The summed E-state index contributed by atoms with van der Waals surface area (Å²) in [5.41, 5.74) is 1.33. The smallest absolute Gasteiger partial charge is 0.322 e. The monoisotopic (exact) mass is 319 g/mol. The van der Waals surface area contributed by atoms with Crippen molar-refractivity contribution in [3.8, 4) is 0 Å². The van der Waals surface area contributed by atoms with E-state index in [1.54, 1.807) is 12.1 Å². The number of nitrogens with zero attached hydrogens (tertiary/aromatic N) is 1. The van der Waals surface area contributed by atoms with E-state index in [-0.39, 0.29) is 24.5 Å². The van der Waals surface area contributed by atoms with E-state index in [1.807, 2.05) is 12.1 Å². The molecule has 3 amide bonds. The van der Waals surface area contributed by atoms with Crippen LogP contribution in [0, 0.1) is 0 Å². The number of esters is 1. The molecule has 2 rings (SSSR count). The van der Waals surface area contributed by atoms with E-state index in [1.165, 1.54) is 12.0 Å². The van der Waals surface area contributed by atoms with E-state index < -0.39 is 0 Å². The van der Waals surface area contributed by atoms with E-state index >= 15 is 0 Å². The topological polar surface area (TPSA) is 87.7 Å². The molecule has 7 nitrogen and oxygen atoms in total. The van der Waals surface area contributed by atoms with Crippen LogP contribution < -0.4 is 15.5 Å². The van der Waals surface area contributed by atoms with E-state index in [0.29, 0.717) is 24.3 Å². The lowest BCUT2D eigenvalue weighted by molar-refractivity contribution is -0.140. The minimum absolute atomic E-state index is 0.00515. The Morgan fingerprint density at radius 2 is 2.04 bits per heavy atom. The van der Waals surface area contributed by atoms with Crippen molar-refractivity contribution in [2.75, 3.05) is 30.4 Å². The molecule has 1 aliphatic heterocycles. The summed E-state index contributed by atoms with van der Waals surface area (Å²) in [5, 5.41) is 5.55. The van der Waals surface area contributed by atoms with Gasteiger partial charge >= 0.3 is 12.0 Å². The highest BCUT2D eigenvalue weighted by atomic mass is 16.5.